The zero-order valence-electron chi connectivity index (χ0n) is 14.2. The predicted octanol–water partition coefficient (Wildman–Crippen LogP) is 3.04. The molecule has 3 N–H and O–H groups in total. The Morgan fingerprint density at radius 3 is 2.78 bits per heavy atom. The van der Waals surface area contributed by atoms with Gasteiger partial charge in [0, 0.05) is 18.5 Å². The molecule has 2 unspecified atom stereocenters. The third-order valence-corrected chi connectivity index (χ3v) is 4.49. The zero-order valence-corrected chi connectivity index (χ0v) is 14.2. The summed E-state index contributed by atoms with van der Waals surface area (Å²) in [6, 6.07) is 8.35. The maximum Gasteiger partial charge on any atom is 0.223 e. The van der Waals surface area contributed by atoms with Gasteiger partial charge in [-0.15, -0.1) is 0 Å². The van der Waals surface area contributed by atoms with Crippen molar-refractivity contribution in [2.24, 2.45) is 11.7 Å². The molecule has 0 radical (unpaired) electrons. The molecule has 4 heteroatoms. The van der Waals surface area contributed by atoms with Crippen LogP contribution in [0.4, 0.5) is 0 Å². The van der Waals surface area contributed by atoms with Gasteiger partial charge in [-0.1, -0.05) is 31.9 Å². The summed E-state index contributed by atoms with van der Waals surface area (Å²) in [6.45, 7) is 3.61. The lowest BCUT2D eigenvalue weighted by Crippen LogP contribution is -2.38. The Labute approximate surface area is 139 Å². The van der Waals surface area contributed by atoms with Crippen LogP contribution in [0.3, 0.4) is 0 Å². The summed E-state index contributed by atoms with van der Waals surface area (Å²) in [4.78, 5) is 12.1. The van der Waals surface area contributed by atoms with Crippen LogP contribution >= 0.6 is 0 Å². The molecule has 1 aliphatic rings. The van der Waals surface area contributed by atoms with E-state index < -0.39 is 0 Å². The van der Waals surface area contributed by atoms with E-state index in [-0.39, 0.29) is 17.9 Å². The van der Waals surface area contributed by atoms with E-state index in [9.17, 15) is 4.79 Å². The molecule has 1 fully saturated rings. The van der Waals surface area contributed by atoms with Crippen molar-refractivity contribution in [3.05, 3.63) is 29.8 Å². The van der Waals surface area contributed by atoms with Gasteiger partial charge in [0.25, 0.3) is 0 Å². The maximum atomic E-state index is 12.1. The summed E-state index contributed by atoms with van der Waals surface area (Å²) in [6.07, 6.45) is 7.00. The quantitative estimate of drug-likeness (QED) is 0.724. The number of nitrogens with two attached hydrogens (primary N) is 1. The second-order valence-electron chi connectivity index (χ2n) is 6.51. The smallest absolute Gasteiger partial charge is 0.223 e. The molecule has 0 saturated heterocycles. The first-order chi connectivity index (χ1) is 11.2. The maximum absolute atomic E-state index is 12.1. The van der Waals surface area contributed by atoms with Gasteiger partial charge in [0.15, 0.2) is 0 Å². The zero-order chi connectivity index (χ0) is 16.5. The molecule has 23 heavy (non-hydrogen) atoms. The molecule has 0 spiro atoms. The Morgan fingerprint density at radius 2 is 2.09 bits per heavy atom. The molecule has 2 rings (SSSR count). The van der Waals surface area contributed by atoms with E-state index in [1.165, 1.54) is 5.56 Å². The molecule has 0 aromatic heterocycles. The van der Waals surface area contributed by atoms with Gasteiger partial charge >= 0.3 is 0 Å². The lowest BCUT2D eigenvalue weighted by Gasteiger charge is -2.25. The summed E-state index contributed by atoms with van der Waals surface area (Å²) in [5.41, 5.74) is 7.16. The fraction of sp³-hybridized carbons (Fsp3) is 0.632. The van der Waals surface area contributed by atoms with Crippen LogP contribution in [0.25, 0.3) is 0 Å². The van der Waals surface area contributed by atoms with Crippen LogP contribution in [0.15, 0.2) is 24.3 Å². The van der Waals surface area contributed by atoms with Crippen molar-refractivity contribution < 1.29 is 9.53 Å². The molecule has 1 amide bonds. The van der Waals surface area contributed by atoms with Crippen molar-refractivity contribution >= 4 is 5.91 Å². The largest absolute Gasteiger partial charge is 0.494 e. The van der Waals surface area contributed by atoms with Crippen LogP contribution in [-0.2, 0) is 11.2 Å². The first-order valence-electron chi connectivity index (χ1n) is 8.94. The molecular formula is C19H30N2O2. The van der Waals surface area contributed by atoms with Crippen molar-refractivity contribution in [2.75, 3.05) is 13.2 Å². The molecule has 4 nitrogen and oxygen atoms in total. The number of benzene rings is 1. The third kappa shape index (κ3) is 6.22. The first-order valence-corrected chi connectivity index (χ1v) is 8.94. The van der Waals surface area contributed by atoms with E-state index in [0.29, 0.717) is 6.54 Å². The summed E-state index contributed by atoms with van der Waals surface area (Å²) >= 11 is 0. The van der Waals surface area contributed by atoms with Gasteiger partial charge in [-0.3, -0.25) is 4.79 Å². The molecule has 0 heterocycles. The number of amides is 1. The SMILES string of the molecule is CCCCOc1ccc(CCNC(=O)C2CCCC(N)C2)cc1. The second kappa shape index (κ2) is 9.56. The summed E-state index contributed by atoms with van der Waals surface area (Å²) < 4.78 is 5.65. The minimum absolute atomic E-state index is 0.105. The summed E-state index contributed by atoms with van der Waals surface area (Å²) in [7, 11) is 0. The lowest BCUT2D eigenvalue weighted by atomic mass is 9.85. The molecule has 1 saturated carbocycles. The van der Waals surface area contributed by atoms with E-state index >= 15 is 0 Å². The fourth-order valence-electron chi connectivity index (χ4n) is 3.03. The molecule has 0 aliphatic heterocycles. The van der Waals surface area contributed by atoms with E-state index in [1.54, 1.807) is 0 Å². The van der Waals surface area contributed by atoms with E-state index in [2.05, 4.69) is 24.4 Å². The average Bonchev–Trinajstić information content (AvgIpc) is 2.56. The van der Waals surface area contributed by atoms with Gasteiger partial charge < -0.3 is 15.8 Å². The van der Waals surface area contributed by atoms with E-state index in [1.807, 2.05) is 12.1 Å². The standard InChI is InChI=1S/C19H30N2O2/c1-2-3-13-23-18-9-7-15(8-10-18)11-12-21-19(22)16-5-4-6-17(20)14-16/h7-10,16-17H,2-6,11-14,20H2,1H3,(H,21,22). The fourth-order valence-corrected chi connectivity index (χ4v) is 3.03. The van der Waals surface area contributed by atoms with Gasteiger partial charge in [-0.2, -0.15) is 0 Å². The number of carbonyl (C=O) groups is 1. The van der Waals surface area contributed by atoms with E-state index in [0.717, 1.165) is 57.3 Å². The minimum Gasteiger partial charge on any atom is -0.494 e. The van der Waals surface area contributed by atoms with Crippen LogP contribution < -0.4 is 15.8 Å². The predicted molar refractivity (Wildman–Crippen MR) is 93.5 cm³/mol. The Kier molecular flexibility index (Phi) is 7.40. The van der Waals surface area contributed by atoms with Crippen molar-refractivity contribution in [3.8, 4) is 5.75 Å². The molecular weight excluding hydrogens is 288 g/mol. The third-order valence-electron chi connectivity index (χ3n) is 4.49. The number of ether oxygens (including phenoxy) is 1. The van der Waals surface area contributed by atoms with Gasteiger partial charge in [0.2, 0.25) is 5.91 Å². The number of rotatable bonds is 8. The number of unbranched alkanes of at least 4 members (excludes halogenated alkanes) is 1. The van der Waals surface area contributed by atoms with Gasteiger partial charge in [-0.05, 0) is 49.8 Å². The normalized spacial score (nSPS) is 21.0. The first kappa shape index (κ1) is 17.8. The molecule has 1 aliphatic carbocycles. The van der Waals surface area contributed by atoms with Crippen molar-refractivity contribution in [1.29, 1.82) is 0 Å². The topological polar surface area (TPSA) is 64.3 Å². The Morgan fingerprint density at radius 1 is 1.30 bits per heavy atom. The van der Waals surface area contributed by atoms with Gasteiger partial charge in [0.1, 0.15) is 5.75 Å². The van der Waals surface area contributed by atoms with Gasteiger partial charge in [-0.25, -0.2) is 0 Å². The van der Waals surface area contributed by atoms with Crippen LogP contribution in [0.2, 0.25) is 0 Å². The van der Waals surface area contributed by atoms with Crippen LogP contribution in [0.5, 0.6) is 5.75 Å². The second-order valence-corrected chi connectivity index (χ2v) is 6.51. The molecule has 0 bridgehead atoms. The van der Waals surface area contributed by atoms with Gasteiger partial charge in [0.05, 0.1) is 6.61 Å². The monoisotopic (exact) mass is 318 g/mol. The Hall–Kier alpha value is -1.55. The highest BCUT2D eigenvalue weighted by molar-refractivity contribution is 5.78. The minimum atomic E-state index is 0.105. The Bertz CT molecular complexity index is 473. The molecule has 1 aromatic rings. The van der Waals surface area contributed by atoms with Crippen molar-refractivity contribution in [2.45, 2.75) is 57.9 Å². The summed E-state index contributed by atoms with van der Waals surface area (Å²) in [5.74, 6) is 1.19. The number of nitrogens with one attached hydrogen (secondary N) is 1. The molecule has 2 atom stereocenters. The Balaban J connectivity index is 1.68. The molecule has 128 valence electrons. The highest BCUT2D eigenvalue weighted by Crippen LogP contribution is 2.23. The highest BCUT2D eigenvalue weighted by atomic mass is 16.5. The van der Waals surface area contributed by atoms with Crippen LogP contribution in [0.1, 0.15) is 51.0 Å². The number of hydrogen-bond acceptors (Lipinski definition) is 3. The lowest BCUT2D eigenvalue weighted by molar-refractivity contribution is -0.126. The van der Waals surface area contributed by atoms with Crippen LogP contribution in [-0.4, -0.2) is 25.1 Å². The number of carbonyl (C=O) groups excluding carboxylic acids is 1. The van der Waals surface area contributed by atoms with Crippen molar-refractivity contribution in [1.82, 2.24) is 5.32 Å². The number of hydrogen-bond donors (Lipinski definition) is 2. The van der Waals surface area contributed by atoms with Crippen LogP contribution in [0, 0.1) is 5.92 Å². The average molecular weight is 318 g/mol. The van der Waals surface area contributed by atoms with E-state index in [4.69, 9.17) is 10.5 Å². The highest BCUT2D eigenvalue weighted by Gasteiger charge is 2.24. The van der Waals surface area contributed by atoms with Crippen molar-refractivity contribution in [3.63, 3.8) is 0 Å². The molecule has 1 aromatic carbocycles. The summed E-state index contributed by atoms with van der Waals surface area (Å²) in [5, 5.41) is 3.05.